The van der Waals surface area contributed by atoms with E-state index in [1.807, 2.05) is 6.92 Å². The number of nitrogen functional groups attached to an aromatic ring is 1. The lowest BCUT2D eigenvalue weighted by molar-refractivity contribution is 0.424. The molecule has 1 saturated carbocycles. The third kappa shape index (κ3) is 2.84. The molecular weight excluding hydrogens is 270 g/mol. The Morgan fingerprint density at radius 1 is 1.44 bits per heavy atom. The van der Waals surface area contributed by atoms with Crippen LogP contribution in [0.1, 0.15) is 38.3 Å². The first-order valence-corrected chi connectivity index (χ1v) is 8.45. The number of thiazole rings is 1. The average Bonchev–Trinajstić information content (AvgIpc) is 2.86. The summed E-state index contributed by atoms with van der Waals surface area (Å²) in [5.41, 5.74) is 6.02. The van der Waals surface area contributed by atoms with Gasteiger partial charge in [0.2, 0.25) is 0 Å². The molecule has 1 unspecified atom stereocenters. The Kier molecular flexibility index (Phi) is 3.93. The van der Waals surface area contributed by atoms with Crippen LogP contribution in [-0.4, -0.2) is 19.4 Å². The molecule has 0 aliphatic heterocycles. The van der Waals surface area contributed by atoms with Crippen molar-refractivity contribution in [1.82, 2.24) is 9.71 Å². The number of hydrogen-bond donors (Lipinski definition) is 2. The predicted molar refractivity (Wildman–Crippen MR) is 73.0 cm³/mol. The fourth-order valence-corrected chi connectivity index (χ4v) is 5.13. The maximum Gasteiger partial charge on any atom is 0.252 e. The number of hydrogen-bond acceptors (Lipinski definition) is 5. The van der Waals surface area contributed by atoms with Crippen LogP contribution in [-0.2, 0) is 10.0 Å². The van der Waals surface area contributed by atoms with Crippen LogP contribution in [0.2, 0.25) is 0 Å². The van der Waals surface area contributed by atoms with Crippen molar-refractivity contribution in [1.29, 1.82) is 0 Å². The van der Waals surface area contributed by atoms with E-state index in [1.165, 1.54) is 12.8 Å². The zero-order valence-electron chi connectivity index (χ0n) is 10.6. The Morgan fingerprint density at radius 2 is 2.06 bits per heavy atom. The normalized spacial score (nSPS) is 19.2. The molecule has 0 spiro atoms. The highest BCUT2D eigenvalue weighted by molar-refractivity contribution is 7.91. The van der Waals surface area contributed by atoms with E-state index in [0.29, 0.717) is 16.7 Å². The molecule has 3 N–H and O–H groups in total. The minimum atomic E-state index is -3.48. The first-order chi connectivity index (χ1) is 8.40. The molecule has 2 rings (SSSR count). The van der Waals surface area contributed by atoms with Crippen LogP contribution in [0.4, 0.5) is 5.13 Å². The van der Waals surface area contributed by atoms with Crippen molar-refractivity contribution in [2.24, 2.45) is 5.92 Å². The summed E-state index contributed by atoms with van der Waals surface area (Å²) in [6.45, 7) is 3.61. The van der Waals surface area contributed by atoms with Gasteiger partial charge in [0.05, 0.1) is 5.69 Å². The molecule has 0 radical (unpaired) electrons. The monoisotopic (exact) mass is 289 g/mol. The molecule has 1 aliphatic carbocycles. The zero-order valence-corrected chi connectivity index (χ0v) is 12.3. The molecule has 18 heavy (non-hydrogen) atoms. The molecule has 1 atom stereocenters. The molecule has 1 heterocycles. The Balaban J connectivity index is 2.14. The minimum absolute atomic E-state index is 0.0276. The molecular formula is C11H19N3O2S2. The van der Waals surface area contributed by atoms with Gasteiger partial charge in [0.15, 0.2) is 9.34 Å². The van der Waals surface area contributed by atoms with E-state index in [4.69, 9.17) is 5.73 Å². The van der Waals surface area contributed by atoms with E-state index in [-0.39, 0.29) is 10.3 Å². The maximum absolute atomic E-state index is 12.2. The number of anilines is 1. The molecule has 1 aliphatic rings. The van der Waals surface area contributed by atoms with Gasteiger partial charge in [-0.3, -0.25) is 0 Å². The molecule has 0 aromatic carbocycles. The van der Waals surface area contributed by atoms with Crippen molar-refractivity contribution in [3.63, 3.8) is 0 Å². The molecule has 1 aromatic heterocycles. The van der Waals surface area contributed by atoms with Crippen LogP contribution < -0.4 is 10.5 Å². The van der Waals surface area contributed by atoms with Gasteiger partial charge >= 0.3 is 0 Å². The number of nitrogens with zero attached hydrogens (tertiary/aromatic N) is 1. The standard InChI is InChI=1S/C11H19N3O2S2/c1-7(9-5-3-4-6-9)14-18(15,16)10-8(2)13-11(12)17-10/h7,9,14H,3-6H2,1-2H3,(H2,12,13). The highest BCUT2D eigenvalue weighted by Crippen LogP contribution is 2.30. The van der Waals surface area contributed by atoms with Gasteiger partial charge in [0.1, 0.15) is 0 Å². The van der Waals surface area contributed by atoms with Crippen molar-refractivity contribution in [3.05, 3.63) is 5.69 Å². The van der Waals surface area contributed by atoms with Gasteiger partial charge < -0.3 is 5.73 Å². The van der Waals surface area contributed by atoms with Gasteiger partial charge in [-0.2, -0.15) is 0 Å². The molecule has 5 nitrogen and oxygen atoms in total. The van der Waals surface area contributed by atoms with Crippen molar-refractivity contribution in [2.45, 2.75) is 49.8 Å². The van der Waals surface area contributed by atoms with Crippen LogP contribution in [0.25, 0.3) is 0 Å². The predicted octanol–water partition coefficient (Wildman–Crippen LogP) is 1.89. The summed E-state index contributed by atoms with van der Waals surface area (Å²) in [5, 5.41) is 0.293. The number of nitrogens with two attached hydrogens (primary N) is 1. The zero-order chi connectivity index (χ0) is 13.3. The van der Waals surface area contributed by atoms with Crippen molar-refractivity contribution in [3.8, 4) is 0 Å². The lowest BCUT2D eigenvalue weighted by Gasteiger charge is -2.19. The van der Waals surface area contributed by atoms with Gasteiger partial charge in [-0.25, -0.2) is 18.1 Å². The van der Waals surface area contributed by atoms with Crippen LogP contribution in [0.15, 0.2) is 4.21 Å². The van der Waals surface area contributed by atoms with Crippen LogP contribution in [0.3, 0.4) is 0 Å². The summed E-state index contributed by atoms with van der Waals surface area (Å²) < 4.78 is 27.5. The van der Waals surface area contributed by atoms with E-state index in [2.05, 4.69) is 9.71 Å². The summed E-state index contributed by atoms with van der Waals surface area (Å²) >= 11 is 1.02. The fraction of sp³-hybridized carbons (Fsp3) is 0.727. The number of sulfonamides is 1. The maximum atomic E-state index is 12.2. The second-order valence-electron chi connectivity index (χ2n) is 4.88. The summed E-state index contributed by atoms with van der Waals surface area (Å²) in [5.74, 6) is 0.449. The van der Waals surface area contributed by atoms with Gasteiger partial charge in [0.25, 0.3) is 10.0 Å². The molecule has 0 saturated heterocycles. The van der Waals surface area contributed by atoms with E-state index in [9.17, 15) is 8.42 Å². The second-order valence-corrected chi connectivity index (χ2v) is 7.82. The minimum Gasteiger partial charge on any atom is -0.375 e. The number of nitrogens with one attached hydrogen (secondary N) is 1. The number of aromatic nitrogens is 1. The van der Waals surface area contributed by atoms with E-state index >= 15 is 0 Å². The Hall–Kier alpha value is -0.660. The van der Waals surface area contributed by atoms with Gasteiger partial charge in [-0.15, -0.1) is 0 Å². The van der Waals surface area contributed by atoms with Crippen molar-refractivity contribution >= 4 is 26.5 Å². The highest BCUT2D eigenvalue weighted by Gasteiger charge is 2.28. The van der Waals surface area contributed by atoms with Gasteiger partial charge in [0, 0.05) is 6.04 Å². The SMILES string of the molecule is Cc1nc(N)sc1S(=O)(=O)NC(C)C1CCCC1. The number of aryl methyl sites for hydroxylation is 1. The second kappa shape index (κ2) is 5.14. The Morgan fingerprint density at radius 3 is 2.56 bits per heavy atom. The van der Waals surface area contributed by atoms with Gasteiger partial charge in [-0.05, 0) is 32.6 Å². The first kappa shape index (κ1) is 13.8. The summed E-state index contributed by atoms with van der Waals surface area (Å²) in [6, 6.07) is -0.0276. The summed E-state index contributed by atoms with van der Waals surface area (Å²) in [7, 11) is -3.48. The highest BCUT2D eigenvalue weighted by atomic mass is 32.2. The molecule has 0 amide bonds. The Bertz CT molecular complexity index is 518. The molecule has 1 aromatic rings. The van der Waals surface area contributed by atoms with E-state index in [0.717, 1.165) is 24.2 Å². The number of rotatable bonds is 4. The lowest BCUT2D eigenvalue weighted by atomic mass is 10.0. The molecule has 1 fully saturated rings. The topological polar surface area (TPSA) is 85.1 Å². The van der Waals surface area contributed by atoms with Crippen LogP contribution >= 0.6 is 11.3 Å². The average molecular weight is 289 g/mol. The van der Waals surface area contributed by atoms with E-state index in [1.54, 1.807) is 6.92 Å². The third-order valence-corrected chi connectivity index (χ3v) is 6.62. The molecule has 7 heteroatoms. The van der Waals surface area contributed by atoms with E-state index < -0.39 is 10.0 Å². The van der Waals surface area contributed by atoms with Crippen LogP contribution in [0, 0.1) is 12.8 Å². The molecule has 0 bridgehead atoms. The quantitative estimate of drug-likeness (QED) is 0.886. The fourth-order valence-electron chi connectivity index (χ4n) is 2.50. The van der Waals surface area contributed by atoms with Crippen LogP contribution in [0.5, 0.6) is 0 Å². The Labute approximate surface area is 112 Å². The first-order valence-electron chi connectivity index (χ1n) is 6.15. The smallest absolute Gasteiger partial charge is 0.252 e. The molecule has 102 valence electrons. The van der Waals surface area contributed by atoms with Gasteiger partial charge in [-0.1, -0.05) is 24.2 Å². The third-order valence-electron chi connectivity index (χ3n) is 3.46. The van der Waals surface area contributed by atoms with Crippen molar-refractivity contribution in [2.75, 3.05) is 5.73 Å². The largest absolute Gasteiger partial charge is 0.375 e. The summed E-state index contributed by atoms with van der Waals surface area (Å²) in [6.07, 6.45) is 4.60. The summed E-state index contributed by atoms with van der Waals surface area (Å²) in [4.78, 5) is 3.96. The lowest BCUT2D eigenvalue weighted by Crippen LogP contribution is -2.37. The van der Waals surface area contributed by atoms with Crippen molar-refractivity contribution < 1.29 is 8.42 Å².